The number of hydrogen-bond donors (Lipinski definition) is 2. The molecule has 0 radical (unpaired) electrons. The summed E-state index contributed by atoms with van der Waals surface area (Å²) in [4.78, 5) is 25.4. The van der Waals surface area contributed by atoms with E-state index >= 15 is 0 Å². The maximum Gasteiger partial charge on any atom is 0.253 e. The van der Waals surface area contributed by atoms with E-state index in [0.717, 1.165) is 11.1 Å². The third-order valence-electron chi connectivity index (χ3n) is 3.71. The molecule has 5 nitrogen and oxygen atoms in total. The molecule has 1 unspecified atom stereocenters. The minimum Gasteiger partial charge on any atom is -0.351 e. The van der Waals surface area contributed by atoms with Gasteiger partial charge in [0.25, 0.3) is 5.91 Å². The monoisotopic (exact) mass is 325 g/mol. The SMILES string of the molecule is CN(C)C(=O)c1ccc(CNC(=O)C(N)Cc2ccccc2)cc1. The number of nitrogens with one attached hydrogen (secondary N) is 1. The molecule has 2 rings (SSSR count). The van der Waals surface area contributed by atoms with E-state index in [4.69, 9.17) is 5.73 Å². The molecule has 0 spiro atoms. The van der Waals surface area contributed by atoms with Gasteiger partial charge in [-0.05, 0) is 29.7 Å². The molecule has 0 aliphatic rings. The predicted octanol–water partition coefficient (Wildman–Crippen LogP) is 1.57. The molecule has 1 atom stereocenters. The average Bonchev–Trinajstić information content (AvgIpc) is 2.60. The Morgan fingerprint density at radius 1 is 1.00 bits per heavy atom. The van der Waals surface area contributed by atoms with Crippen LogP contribution in [0.4, 0.5) is 0 Å². The number of carbonyl (C=O) groups excluding carboxylic acids is 2. The van der Waals surface area contributed by atoms with E-state index in [0.29, 0.717) is 18.5 Å². The molecule has 2 aromatic rings. The molecule has 0 bridgehead atoms. The van der Waals surface area contributed by atoms with Crippen molar-refractivity contribution in [2.24, 2.45) is 5.73 Å². The first-order chi connectivity index (χ1) is 11.5. The standard InChI is InChI=1S/C19H23N3O2/c1-22(2)19(24)16-10-8-15(9-11-16)13-21-18(23)17(20)12-14-6-4-3-5-7-14/h3-11,17H,12-13,20H2,1-2H3,(H,21,23). The van der Waals surface area contributed by atoms with Gasteiger partial charge in [0.05, 0.1) is 6.04 Å². The molecule has 2 amide bonds. The van der Waals surface area contributed by atoms with Crippen LogP contribution >= 0.6 is 0 Å². The topological polar surface area (TPSA) is 75.4 Å². The fourth-order valence-corrected chi connectivity index (χ4v) is 2.30. The smallest absolute Gasteiger partial charge is 0.253 e. The van der Waals surface area contributed by atoms with Crippen LogP contribution in [0.1, 0.15) is 21.5 Å². The van der Waals surface area contributed by atoms with Crippen molar-refractivity contribution in [2.45, 2.75) is 19.0 Å². The largest absolute Gasteiger partial charge is 0.351 e. The second-order valence-corrected chi connectivity index (χ2v) is 5.91. The zero-order chi connectivity index (χ0) is 17.5. The molecule has 0 saturated heterocycles. The molecular weight excluding hydrogens is 302 g/mol. The Morgan fingerprint density at radius 3 is 2.21 bits per heavy atom. The number of rotatable bonds is 6. The summed E-state index contributed by atoms with van der Waals surface area (Å²) in [5, 5.41) is 2.83. The Bertz CT molecular complexity index is 682. The highest BCUT2D eigenvalue weighted by atomic mass is 16.2. The molecule has 0 aliphatic heterocycles. The number of amides is 2. The Labute approximate surface area is 142 Å². The van der Waals surface area contributed by atoms with Crippen LogP contribution in [0.2, 0.25) is 0 Å². The van der Waals surface area contributed by atoms with Gasteiger partial charge in [0.2, 0.25) is 5.91 Å². The van der Waals surface area contributed by atoms with Gasteiger partial charge in [0.15, 0.2) is 0 Å². The number of carbonyl (C=O) groups is 2. The lowest BCUT2D eigenvalue weighted by Crippen LogP contribution is -2.41. The Balaban J connectivity index is 1.86. The minimum absolute atomic E-state index is 0.0459. The van der Waals surface area contributed by atoms with Gasteiger partial charge in [0.1, 0.15) is 0 Å². The summed E-state index contributed by atoms with van der Waals surface area (Å²) in [6.45, 7) is 0.387. The van der Waals surface area contributed by atoms with Gasteiger partial charge in [-0.15, -0.1) is 0 Å². The highest BCUT2D eigenvalue weighted by molar-refractivity contribution is 5.93. The van der Waals surface area contributed by atoms with Crippen molar-refractivity contribution in [1.29, 1.82) is 0 Å². The Hall–Kier alpha value is -2.66. The summed E-state index contributed by atoms with van der Waals surface area (Å²) in [5.41, 5.74) is 8.53. The van der Waals surface area contributed by atoms with Crippen molar-refractivity contribution in [2.75, 3.05) is 14.1 Å². The van der Waals surface area contributed by atoms with Crippen molar-refractivity contribution >= 4 is 11.8 Å². The van der Waals surface area contributed by atoms with E-state index in [1.807, 2.05) is 42.5 Å². The van der Waals surface area contributed by atoms with Crippen molar-refractivity contribution in [3.63, 3.8) is 0 Å². The van der Waals surface area contributed by atoms with E-state index in [-0.39, 0.29) is 11.8 Å². The molecule has 5 heteroatoms. The Kier molecular flexibility index (Phi) is 6.09. The van der Waals surface area contributed by atoms with E-state index in [1.165, 1.54) is 4.90 Å². The first kappa shape index (κ1) is 17.7. The highest BCUT2D eigenvalue weighted by Gasteiger charge is 2.14. The van der Waals surface area contributed by atoms with Crippen molar-refractivity contribution in [1.82, 2.24) is 10.2 Å². The second-order valence-electron chi connectivity index (χ2n) is 5.91. The van der Waals surface area contributed by atoms with Crippen LogP contribution in [0.3, 0.4) is 0 Å². The van der Waals surface area contributed by atoms with E-state index in [2.05, 4.69) is 5.32 Å². The third kappa shape index (κ3) is 4.93. The predicted molar refractivity (Wildman–Crippen MR) is 94.4 cm³/mol. The molecule has 0 saturated carbocycles. The van der Waals surface area contributed by atoms with Crippen molar-refractivity contribution in [3.8, 4) is 0 Å². The van der Waals surface area contributed by atoms with Crippen LogP contribution in [-0.2, 0) is 17.8 Å². The van der Waals surface area contributed by atoms with Gasteiger partial charge in [-0.1, -0.05) is 42.5 Å². The van der Waals surface area contributed by atoms with E-state index < -0.39 is 6.04 Å². The molecule has 24 heavy (non-hydrogen) atoms. The molecule has 0 heterocycles. The fraction of sp³-hybridized carbons (Fsp3) is 0.263. The minimum atomic E-state index is -0.581. The lowest BCUT2D eigenvalue weighted by Gasteiger charge is -2.13. The zero-order valence-corrected chi connectivity index (χ0v) is 14.0. The zero-order valence-electron chi connectivity index (χ0n) is 14.0. The third-order valence-corrected chi connectivity index (χ3v) is 3.71. The maximum absolute atomic E-state index is 12.1. The maximum atomic E-state index is 12.1. The van der Waals surface area contributed by atoms with Gasteiger partial charge < -0.3 is 16.0 Å². The summed E-state index contributed by atoms with van der Waals surface area (Å²) < 4.78 is 0. The van der Waals surface area contributed by atoms with Gasteiger partial charge in [0, 0.05) is 26.2 Å². The quantitative estimate of drug-likeness (QED) is 0.846. The molecule has 126 valence electrons. The summed E-state index contributed by atoms with van der Waals surface area (Å²) >= 11 is 0. The number of nitrogens with two attached hydrogens (primary N) is 1. The molecule has 0 aliphatic carbocycles. The molecular formula is C19H23N3O2. The normalized spacial score (nSPS) is 11.6. The number of benzene rings is 2. The highest BCUT2D eigenvalue weighted by Crippen LogP contribution is 2.07. The fourth-order valence-electron chi connectivity index (χ4n) is 2.30. The lowest BCUT2D eigenvalue weighted by atomic mass is 10.1. The molecule has 0 fully saturated rings. The van der Waals surface area contributed by atoms with Crippen LogP contribution in [0.15, 0.2) is 54.6 Å². The first-order valence-corrected chi connectivity index (χ1v) is 7.85. The van der Waals surface area contributed by atoms with Crippen LogP contribution in [-0.4, -0.2) is 36.9 Å². The average molecular weight is 325 g/mol. The van der Waals surface area contributed by atoms with Crippen LogP contribution in [0.5, 0.6) is 0 Å². The number of nitrogens with zero attached hydrogens (tertiary/aromatic N) is 1. The van der Waals surface area contributed by atoms with Gasteiger partial charge in [-0.2, -0.15) is 0 Å². The molecule has 2 aromatic carbocycles. The van der Waals surface area contributed by atoms with E-state index in [9.17, 15) is 9.59 Å². The van der Waals surface area contributed by atoms with Gasteiger partial charge in [-0.3, -0.25) is 9.59 Å². The molecule has 0 aromatic heterocycles. The summed E-state index contributed by atoms with van der Waals surface area (Å²) in [6.07, 6.45) is 0.503. The van der Waals surface area contributed by atoms with Crippen molar-refractivity contribution < 1.29 is 9.59 Å². The lowest BCUT2D eigenvalue weighted by molar-refractivity contribution is -0.122. The van der Waals surface area contributed by atoms with Crippen LogP contribution < -0.4 is 11.1 Å². The molecule has 3 N–H and O–H groups in total. The van der Waals surface area contributed by atoms with Crippen LogP contribution in [0, 0.1) is 0 Å². The number of hydrogen-bond acceptors (Lipinski definition) is 3. The first-order valence-electron chi connectivity index (χ1n) is 7.85. The van der Waals surface area contributed by atoms with Crippen molar-refractivity contribution in [3.05, 3.63) is 71.3 Å². The van der Waals surface area contributed by atoms with Gasteiger partial charge in [-0.25, -0.2) is 0 Å². The summed E-state index contributed by atoms with van der Waals surface area (Å²) in [5.74, 6) is -0.234. The second kappa shape index (κ2) is 8.26. The summed E-state index contributed by atoms with van der Waals surface area (Å²) in [6, 6.07) is 16.3. The Morgan fingerprint density at radius 2 is 1.62 bits per heavy atom. The van der Waals surface area contributed by atoms with E-state index in [1.54, 1.807) is 26.2 Å². The van der Waals surface area contributed by atoms with Crippen LogP contribution in [0.25, 0.3) is 0 Å². The summed E-state index contributed by atoms with van der Waals surface area (Å²) in [7, 11) is 3.43. The van der Waals surface area contributed by atoms with Gasteiger partial charge >= 0.3 is 0 Å².